The molecule has 0 saturated carbocycles. The third kappa shape index (κ3) is 3.88. The van der Waals surface area contributed by atoms with Crippen LogP contribution in [0.5, 0.6) is 0 Å². The van der Waals surface area contributed by atoms with Crippen LogP contribution in [0.3, 0.4) is 0 Å². The molecular weight excluding hydrogens is 400 g/mol. The number of amides is 1. The SMILES string of the molecule is CN(C)C(=O)c1cccc(-c2ccnc3[nH]c(C4=CCN(S(C)(=O)=O)CC4)cc23)c1. The first-order valence-electron chi connectivity index (χ1n) is 9.68. The summed E-state index contributed by atoms with van der Waals surface area (Å²) in [4.78, 5) is 21.7. The average Bonchev–Trinajstić information content (AvgIpc) is 3.17. The summed E-state index contributed by atoms with van der Waals surface area (Å²) in [6.07, 6.45) is 5.58. The van der Waals surface area contributed by atoms with Crippen LogP contribution in [0.2, 0.25) is 0 Å². The van der Waals surface area contributed by atoms with Crippen molar-refractivity contribution in [1.29, 1.82) is 0 Å². The Morgan fingerprint density at radius 1 is 1.20 bits per heavy atom. The van der Waals surface area contributed by atoms with Gasteiger partial charge in [-0.05, 0) is 47.4 Å². The average molecular weight is 425 g/mol. The van der Waals surface area contributed by atoms with Crippen molar-refractivity contribution in [2.45, 2.75) is 6.42 Å². The van der Waals surface area contributed by atoms with Gasteiger partial charge in [-0.1, -0.05) is 18.2 Å². The Balaban J connectivity index is 1.72. The Hall–Kier alpha value is -2.97. The summed E-state index contributed by atoms with van der Waals surface area (Å²) in [5.41, 5.74) is 5.35. The van der Waals surface area contributed by atoms with Crippen LogP contribution in [0.1, 0.15) is 22.5 Å². The molecule has 0 aliphatic carbocycles. The Kier molecular flexibility index (Phi) is 5.21. The fourth-order valence-corrected chi connectivity index (χ4v) is 4.49. The molecule has 8 heteroatoms. The van der Waals surface area contributed by atoms with Crippen molar-refractivity contribution >= 4 is 32.5 Å². The highest BCUT2D eigenvalue weighted by molar-refractivity contribution is 7.88. The number of aromatic nitrogens is 2. The largest absolute Gasteiger partial charge is 0.345 e. The van der Waals surface area contributed by atoms with Crippen LogP contribution in [0.4, 0.5) is 0 Å². The van der Waals surface area contributed by atoms with E-state index < -0.39 is 10.0 Å². The van der Waals surface area contributed by atoms with E-state index in [0.29, 0.717) is 25.1 Å². The van der Waals surface area contributed by atoms with E-state index in [0.717, 1.165) is 33.4 Å². The number of aromatic amines is 1. The molecule has 4 rings (SSSR count). The van der Waals surface area contributed by atoms with E-state index >= 15 is 0 Å². The van der Waals surface area contributed by atoms with Crippen LogP contribution in [0.25, 0.3) is 27.7 Å². The van der Waals surface area contributed by atoms with Crippen molar-refractivity contribution in [2.24, 2.45) is 0 Å². The van der Waals surface area contributed by atoms with Gasteiger partial charge in [-0.15, -0.1) is 0 Å². The third-order valence-corrected chi connectivity index (χ3v) is 6.62. The monoisotopic (exact) mass is 424 g/mol. The molecule has 3 heterocycles. The van der Waals surface area contributed by atoms with Crippen molar-refractivity contribution in [3.05, 3.63) is 59.9 Å². The Morgan fingerprint density at radius 3 is 2.67 bits per heavy atom. The number of carbonyl (C=O) groups excluding carboxylic acids is 1. The first-order chi connectivity index (χ1) is 14.2. The zero-order valence-electron chi connectivity index (χ0n) is 17.2. The first-order valence-corrected chi connectivity index (χ1v) is 11.5. The van der Waals surface area contributed by atoms with Crippen molar-refractivity contribution in [2.75, 3.05) is 33.4 Å². The van der Waals surface area contributed by atoms with Gasteiger partial charge in [0.1, 0.15) is 5.65 Å². The lowest BCUT2D eigenvalue weighted by Crippen LogP contribution is -2.33. The Bertz CT molecular complexity index is 1260. The minimum Gasteiger partial charge on any atom is -0.345 e. The molecule has 156 valence electrons. The molecule has 0 bridgehead atoms. The normalized spacial score (nSPS) is 15.2. The van der Waals surface area contributed by atoms with Crippen LogP contribution in [0.15, 0.2) is 48.7 Å². The van der Waals surface area contributed by atoms with Gasteiger partial charge >= 0.3 is 0 Å². The second kappa shape index (κ2) is 7.70. The maximum Gasteiger partial charge on any atom is 0.253 e. The van der Waals surface area contributed by atoms with E-state index in [4.69, 9.17) is 0 Å². The lowest BCUT2D eigenvalue weighted by Gasteiger charge is -2.23. The van der Waals surface area contributed by atoms with Gasteiger partial charge in [-0.3, -0.25) is 4.79 Å². The zero-order valence-corrected chi connectivity index (χ0v) is 18.0. The van der Waals surface area contributed by atoms with Crippen LogP contribution < -0.4 is 0 Å². The molecule has 0 radical (unpaired) electrons. The number of sulfonamides is 1. The van der Waals surface area contributed by atoms with E-state index in [1.807, 2.05) is 36.4 Å². The van der Waals surface area contributed by atoms with E-state index in [-0.39, 0.29) is 5.91 Å². The molecule has 0 fully saturated rings. The highest BCUT2D eigenvalue weighted by atomic mass is 32.2. The van der Waals surface area contributed by atoms with Crippen molar-refractivity contribution in [3.63, 3.8) is 0 Å². The van der Waals surface area contributed by atoms with Gasteiger partial charge < -0.3 is 9.88 Å². The molecular formula is C22H24N4O3S. The maximum atomic E-state index is 12.4. The van der Waals surface area contributed by atoms with E-state index in [9.17, 15) is 13.2 Å². The second-order valence-corrected chi connectivity index (χ2v) is 9.67. The predicted octanol–water partition coefficient (Wildman–Crippen LogP) is 2.98. The van der Waals surface area contributed by atoms with Gasteiger partial charge in [0, 0.05) is 50.0 Å². The van der Waals surface area contributed by atoms with Crippen LogP contribution in [0, 0.1) is 0 Å². The summed E-state index contributed by atoms with van der Waals surface area (Å²) in [6, 6.07) is 11.6. The standard InChI is InChI=1S/C22H24N4O3S/c1-25(2)22(27)17-6-4-5-16(13-17)18-7-10-23-21-19(18)14-20(24-21)15-8-11-26(12-9-15)30(3,28)29/h4-8,10,13-14H,9,11-12H2,1-3H3,(H,23,24). The number of hydrogen-bond donors (Lipinski definition) is 1. The highest BCUT2D eigenvalue weighted by Gasteiger charge is 2.21. The molecule has 30 heavy (non-hydrogen) atoms. The number of hydrogen-bond acceptors (Lipinski definition) is 4. The minimum absolute atomic E-state index is 0.0419. The van der Waals surface area contributed by atoms with Gasteiger partial charge in [-0.25, -0.2) is 13.4 Å². The molecule has 0 unspecified atom stereocenters. The summed E-state index contributed by atoms with van der Waals surface area (Å²) in [5, 5.41) is 0.966. The fourth-order valence-electron chi connectivity index (χ4n) is 3.73. The molecule has 1 aromatic carbocycles. The lowest BCUT2D eigenvalue weighted by atomic mass is 10.00. The number of rotatable bonds is 4. The van der Waals surface area contributed by atoms with Crippen molar-refractivity contribution in [3.8, 4) is 11.1 Å². The molecule has 0 atom stereocenters. The van der Waals surface area contributed by atoms with Gasteiger partial charge in [0.2, 0.25) is 10.0 Å². The van der Waals surface area contributed by atoms with Crippen LogP contribution >= 0.6 is 0 Å². The van der Waals surface area contributed by atoms with Gasteiger partial charge in [0.05, 0.1) is 6.26 Å². The highest BCUT2D eigenvalue weighted by Crippen LogP contribution is 2.32. The summed E-state index contributed by atoms with van der Waals surface area (Å²) in [7, 11) is 0.293. The molecule has 7 nitrogen and oxygen atoms in total. The summed E-state index contributed by atoms with van der Waals surface area (Å²) >= 11 is 0. The first kappa shape index (κ1) is 20.3. The van der Waals surface area contributed by atoms with Gasteiger partial charge in [0.25, 0.3) is 5.91 Å². The molecule has 1 aliphatic heterocycles. The predicted molar refractivity (Wildman–Crippen MR) is 119 cm³/mol. The van der Waals surface area contributed by atoms with E-state index in [2.05, 4.69) is 16.0 Å². The summed E-state index contributed by atoms with van der Waals surface area (Å²) in [5.74, 6) is -0.0419. The Labute approximate surface area is 176 Å². The molecule has 0 saturated heterocycles. The maximum absolute atomic E-state index is 12.4. The molecule has 1 aliphatic rings. The quantitative estimate of drug-likeness (QED) is 0.698. The fraction of sp³-hybridized carbons (Fsp3) is 0.273. The number of pyridine rings is 1. The lowest BCUT2D eigenvalue weighted by molar-refractivity contribution is 0.0827. The summed E-state index contributed by atoms with van der Waals surface area (Å²) in [6.45, 7) is 0.841. The number of nitrogens with zero attached hydrogens (tertiary/aromatic N) is 3. The number of fused-ring (bicyclic) bond motifs is 1. The molecule has 3 aromatic rings. The van der Waals surface area contributed by atoms with E-state index in [1.54, 1.807) is 25.2 Å². The molecule has 0 spiro atoms. The molecule has 1 amide bonds. The van der Waals surface area contributed by atoms with Crippen LogP contribution in [-0.2, 0) is 10.0 Å². The third-order valence-electron chi connectivity index (χ3n) is 5.35. The Morgan fingerprint density at radius 2 is 2.00 bits per heavy atom. The van der Waals surface area contributed by atoms with Crippen LogP contribution in [-0.4, -0.2) is 66.9 Å². The zero-order chi connectivity index (χ0) is 21.5. The topological polar surface area (TPSA) is 86.4 Å². The number of carbonyl (C=O) groups is 1. The van der Waals surface area contributed by atoms with Gasteiger partial charge in [0.15, 0.2) is 0 Å². The van der Waals surface area contributed by atoms with E-state index in [1.165, 1.54) is 10.6 Å². The summed E-state index contributed by atoms with van der Waals surface area (Å²) < 4.78 is 25.0. The van der Waals surface area contributed by atoms with Crippen molar-refractivity contribution in [1.82, 2.24) is 19.2 Å². The van der Waals surface area contributed by atoms with Crippen molar-refractivity contribution < 1.29 is 13.2 Å². The second-order valence-electron chi connectivity index (χ2n) is 7.68. The number of H-pyrrole nitrogens is 1. The van der Waals surface area contributed by atoms with Gasteiger partial charge in [-0.2, -0.15) is 4.31 Å². The smallest absolute Gasteiger partial charge is 0.253 e. The minimum atomic E-state index is -3.18. The molecule has 1 N–H and O–H groups in total. The number of nitrogens with one attached hydrogen (secondary N) is 1. The number of benzene rings is 1. The molecule has 2 aromatic heterocycles.